The van der Waals surface area contributed by atoms with Gasteiger partial charge >= 0.3 is 0 Å². The van der Waals surface area contributed by atoms with Crippen LogP contribution in [0.5, 0.6) is 34.5 Å². The first-order chi connectivity index (χ1) is 30.7. The molecule has 0 heterocycles. The van der Waals surface area contributed by atoms with Crippen molar-refractivity contribution in [1.29, 1.82) is 0 Å². The van der Waals surface area contributed by atoms with Crippen molar-refractivity contribution in [2.24, 2.45) is 0 Å². The normalized spacial score (nSPS) is 10.6. The fraction of sp³-hybridized carbons (Fsp3) is 0.222. The maximum atomic E-state index is 9.93. The summed E-state index contributed by atoms with van der Waals surface area (Å²) in [5.74, 6) is 1.50. The Labute approximate surface area is 418 Å². The Hall–Kier alpha value is -4.92. The van der Waals surface area contributed by atoms with Crippen molar-refractivity contribution in [3.63, 3.8) is 0 Å². The van der Waals surface area contributed by atoms with Crippen LogP contribution in [-0.4, -0.2) is 30.6 Å². The van der Waals surface area contributed by atoms with Crippen molar-refractivity contribution in [2.75, 3.05) is 0 Å². The summed E-state index contributed by atoms with van der Waals surface area (Å²) in [5.41, 5.74) is 16.9. The van der Waals surface area contributed by atoms with Gasteiger partial charge in [0.15, 0.2) is 0 Å². The van der Waals surface area contributed by atoms with Crippen LogP contribution in [0, 0.1) is 83.1 Å². The van der Waals surface area contributed by atoms with Crippen LogP contribution in [-0.2, 0) is 0 Å². The molecule has 0 spiro atoms. The molecule has 0 saturated heterocycles. The number of aryl methyl sites for hydroxylation is 8. The molecule has 0 amide bonds. The van der Waals surface area contributed by atoms with Crippen LogP contribution in [0.2, 0.25) is 0 Å². The lowest BCUT2D eigenvalue weighted by molar-refractivity contribution is 0.466. The average Bonchev–Trinajstić information content (AvgIpc) is 3.23. The van der Waals surface area contributed by atoms with E-state index < -0.39 is 0 Å². The van der Waals surface area contributed by atoms with Crippen LogP contribution in [0.3, 0.4) is 0 Å². The van der Waals surface area contributed by atoms with Gasteiger partial charge in [-0.05, 0) is 244 Å². The van der Waals surface area contributed by atoms with E-state index in [0.29, 0.717) is 16.7 Å². The molecule has 6 nitrogen and oxygen atoms in total. The molecule has 0 saturated carbocycles. The van der Waals surface area contributed by atoms with Gasteiger partial charge in [-0.15, -0.1) is 0 Å². The monoisotopic (exact) mass is 1010 g/mol. The molecule has 0 aliphatic carbocycles. The minimum Gasteiger partial charge on any atom is -0.508 e. The molecular formula is C54H54Cl6O6. The molecule has 0 unspecified atom stereocenters. The molecule has 6 N–H and O–H groups in total. The van der Waals surface area contributed by atoms with Crippen molar-refractivity contribution >= 4 is 86.3 Å². The summed E-state index contributed by atoms with van der Waals surface area (Å²) in [6, 6.07) is 21.4. The average molecular weight is 1010 g/mol. The van der Waals surface area contributed by atoms with Gasteiger partial charge in [-0.3, -0.25) is 0 Å². The molecular weight excluding hydrogens is 957 g/mol. The highest BCUT2D eigenvalue weighted by Crippen LogP contribution is 2.41. The van der Waals surface area contributed by atoms with Crippen LogP contribution >= 0.6 is 69.6 Å². The van der Waals surface area contributed by atoms with Gasteiger partial charge in [0.05, 0.1) is 0 Å². The van der Waals surface area contributed by atoms with E-state index in [-0.39, 0.29) is 48.0 Å². The third kappa shape index (κ3) is 12.0. The van der Waals surface area contributed by atoms with E-state index in [1.807, 2.05) is 119 Å². The van der Waals surface area contributed by atoms with Gasteiger partial charge in [0.2, 0.25) is 0 Å². The van der Waals surface area contributed by atoms with E-state index in [1.165, 1.54) is 0 Å². The lowest BCUT2D eigenvalue weighted by Gasteiger charge is -2.18. The summed E-state index contributed by atoms with van der Waals surface area (Å²) >= 11 is 36.9. The fourth-order valence-electron chi connectivity index (χ4n) is 7.58. The number of rotatable bonds is 6. The van der Waals surface area contributed by atoms with Crippen molar-refractivity contribution in [2.45, 2.75) is 83.1 Å². The van der Waals surface area contributed by atoms with Gasteiger partial charge in [0.1, 0.15) is 48.0 Å². The van der Waals surface area contributed by atoms with Gasteiger partial charge in [-0.2, -0.15) is 0 Å². The van der Waals surface area contributed by atoms with Crippen molar-refractivity contribution < 1.29 is 30.6 Å². The molecule has 6 rings (SSSR count). The van der Waals surface area contributed by atoms with Crippen LogP contribution in [0.15, 0.2) is 86.3 Å². The van der Waals surface area contributed by atoms with Crippen LogP contribution < -0.4 is 0 Å². The number of phenolic OH excluding ortho intramolecular Hbond substituents is 6. The summed E-state index contributed by atoms with van der Waals surface area (Å²) in [5, 5.41) is 59.2. The maximum Gasteiger partial charge on any atom is 0.121 e. The van der Waals surface area contributed by atoms with Gasteiger partial charge in [0.25, 0.3) is 0 Å². The molecule has 12 heteroatoms. The second-order valence-electron chi connectivity index (χ2n) is 16.5. The lowest BCUT2D eigenvalue weighted by Crippen LogP contribution is -1.98. The summed E-state index contributed by atoms with van der Waals surface area (Å²) < 4.78 is 0.455. The molecule has 0 bridgehead atoms. The Morgan fingerprint density at radius 2 is 0.576 bits per heavy atom. The molecule has 0 radical (unpaired) electrons. The zero-order chi connectivity index (χ0) is 49.8. The van der Waals surface area contributed by atoms with E-state index in [1.54, 1.807) is 36.4 Å². The van der Waals surface area contributed by atoms with Gasteiger partial charge in [0, 0.05) is 16.7 Å². The highest BCUT2D eigenvalue weighted by atomic mass is 35.5. The van der Waals surface area contributed by atoms with Crippen LogP contribution in [0.25, 0.3) is 16.7 Å². The minimum atomic E-state index is 0.147. The minimum absolute atomic E-state index is 0.147. The Morgan fingerprint density at radius 3 is 0.864 bits per heavy atom. The summed E-state index contributed by atoms with van der Waals surface area (Å²) in [4.78, 5) is 0. The van der Waals surface area contributed by atoms with Crippen LogP contribution in [0.4, 0.5) is 0 Å². The first-order valence-electron chi connectivity index (χ1n) is 20.7. The number of benzene rings is 6. The quantitative estimate of drug-likeness (QED) is 0.0989. The van der Waals surface area contributed by atoms with Crippen molar-refractivity contribution in [3.8, 4) is 34.5 Å². The molecule has 0 aliphatic heterocycles. The van der Waals surface area contributed by atoms with E-state index >= 15 is 0 Å². The third-order valence-corrected chi connectivity index (χ3v) is 12.9. The highest BCUT2D eigenvalue weighted by molar-refractivity contribution is 6.60. The lowest BCUT2D eigenvalue weighted by atomic mass is 9.89. The zero-order valence-electron chi connectivity index (χ0n) is 38.9. The predicted molar refractivity (Wildman–Crippen MR) is 279 cm³/mol. The summed E-state index contributed by atoms with van der Waals surface area (Å²) in [6.07, 6.45) is 0. The SMILES string of the molecule is Cc1c(O)ccc(C(=C(Cl)Cl)c2ccc(O)c(C)c2C)c1C.Cc1cc(C(=C(Cl)Cl)c2cc(C)c(O)c(C)c2)cc(C)c1O.Cc1cc(C(=C(Cl)Cl)c2cc(C)c(O)cc2C)c(C)cc1O. The third-order valence-electron chi connectivity index (χ3n) is 11.8. The molecule has 66 heavy (non-hydrogen) atoms. The number of aromatic hydroxyl groups is 6. The van der Waals surface area contributed by atoms with Crippen LogP contribution in [0.1, 0.15) is 100 Å². The largest absolute Gasteiger partial charge is 0.508 e. The number of halogens is 6. The second-order valence-corrected chi connectivity index (χ2v) is 19.3. The fourth-order valence-corrected chi connectivity index (χ4v) is 8.83. The molecule has 348 valence electrons. The van der Waals surface area contributed by atoms with Gasteiger partial charge < -0.3 is 30.6 Å². The maximum absolute atomic E-state index is 9.93. The first-order valence-corrected chi connectivity index (χ1v) is 22.9. The van der Waals surface area contributed by atoms with Gasteiger partial charge in [-0.1, -0.05) is 81.7 Å². The van der Waals surface area contributed by atoms with E-state index in [4.69, 9.17) is 69.6 Å². The Kier molecular flexibility index (Phi) is 18.1. The van der Waals surface area contributed by atoms with E-state index in [0.717, 1.165) is 100 Å². The predicted octanol–water partition coefficient (Wildman–Crippen LogP) is 16.6. The number of hydrogen-bond donors (Lipinski definition) is 6. The number of phenols is 6. The molecule has 6 aromatic rings. The van der Waals surface area contributed by atoms with Crippen molar-refractivity contribution in [1.82, 2.24) is 0 Å². The van der Waals surface area contributed by atoms with Crippen molar-refractivity contribution in [3.05, 3.63) is 186 Å². The molecule has 0 fully saturated rings. The summed E-state index contributed by atoms with van der Waals surface area (Å²) in [7, 11) is 0. The first kappa shape index (κ1) is 53.7. The van der Waals surface area contributed by atoms with E-state index in [9.17, 15) is 30.6 Å². The standard InChI is InChI=1S/3C18H18Cl2O2/c1-9-7-15(21)11(3)5-13(9)17(18(19)20)14-6-12(4)16(22)8-10(14)2;1-9-5-13(6-10(2)16(9)21)15(18(19)20)14-7-11(3)17(22)12(4)8-14;1-9-11(3)15(21)7-5-13(9)17(18(19)20)14-6-8-16(22)12(4)10(14)2/h3*5-8,21-22H,1-4H3. The smallest absolute Gasteiger partial charge is 0.121 e. The molecule has 0 atom stereocenters. The highest BCUT2D eigenvalue weighted by Gasteiger charge is 2.20. The zero-order valence-corrected chi connectivity index (χ0v) is 43.4. The Morgan fingerprint density at radius 1 is 0.288 bits per heavy atom. The molecule has 0 aromatic heterocycles. The van der Waals surface area contributed by atoms with Gasteiger partial charge in [-0.25, -0.2) is 0 Å². The second kappa shape index (κ2) is 22.3. The summed E-state index contributed by atoms with van der Waals surface area (Å²) in [6.45, 7) is 22.3. The number of hydrogen-bond acceptors (Lipinski definition) is 6. The van der Waals surface area contributed by atoms with E-state index in [2.05, 4.69) is 0 Å². The molecule has 6 aromatic carbocycles. The Balaban J connectivity index is 0.000000216. The topological polar surface area (TPSA) is 121 Å². The molecule has 0 aliphatic rings. The Bertz CT molecular complexity index is 2700.